The van der Waals surface area contributed by atoms with E-state index in [0.717, 1.165) is 41.3 Å². The Kier molecular flexibility index (Phi) is 5.85. The number of amides is 2. The van der Waals surface area contributed by atoms with Crippen molar-refractivity contribution >= 4 is 17.8 Å². The Bertz CT molecular complexity index is 1350. The number of aromatic nitrogens is 2. The molecule has 0 saturated carbocycles. The molecule has 4 heterocycles. The van der Waals surface area contributed by atoms with E-state index in [1.807, 2.05) is 68.1 Å². The molecule has 1 spiro atoms. The fourth-order valence-electron chi connectivity index (χ4n) is 5.72. The minimum absolute atomic E-state index is 0.0251. The molecule has 0 N–H and O–H groups in total. The number of hydrogen-bond acceptors (Lipinski definition) is 6. The highest BCUT2D eigenvalue weighted by Gasteiger charge is 2.54. The number of carbonyl (C=O) groups excluding carboxylic acids is 2. The number of benzene rings is 2. The van der Waals surface area contributed by atoms with E-state index in [9.17, 15) is 9.59 Å². The van der Waals surface area contributed by atoms with Gasteiger partial charge in [-0.3, -0.25) is 4.79 Å². The topological polar surface area (TPSA) is 78.9 Å². The normalized spacial score (nSPS) is 17.9. The molecule has 3 aromatic rings. The van der Waals surface area contributed by atoms with Gasteiger partial charge in [-0.1, -0.05) is 42.5 Å². The van der Waals surface area contributed by atoms with Gasteiger partial charge in [-0.25, -0.2) is 14.8 Å². The fourth-order valence-corrected chi connectivity index (χ4v) is 5.72. The van der Waals surface area contributed by atoms with Gasteiger partial charge >= 0.3 is 6.09 Å². The molecule has 8 nitrogen and oxygen atoms in total. The Balaban J connectivity index is 1.11. The van der Waals surface area contributed by atoms with Gasteiger partial charge < -0.3 is 19.4 Å². The maximum absolute atomic E-state index is 13.4. The Morgan fingerprint density at radius 3 is 2.24 bits per heavy atom. The fraction of sp³-hybridized carbons (Fsp3) is 0.400. The molecule has 0 radical (unpaired) electrons. The Morgan fingerprint density at radius 1 is 0.868 bits per heavy atom. The summed E-state index contributed by atoms with van der Waals surface area (Å²) in [6, 6.07) is 18.0. The Morgan fingerprint density at radius 2 is 1.55 bits per heavy atom. The van der Waals surface area contributed by atoms with E-state index in [2.05, 4.69) is 27.0 Å². The lowest BCUT2D eigenvalue weighted by Gasteiger charge is -2.60. The minimum atomic E-state index is -0.487. The van der Waals surface area contributed by atoms with Crippen molar-refractivity contribution in [3.8, 4) is 11.1 Å². The van der Waals surface area contributed by atoms with Crippen LogP contribution in [0.2, 0.25) is 0 Å². The molecule has 38 heavy (non-hydrogen) atoms. The van der Waals surface area contributed by atoms with E-state index in [1.165, 1.54) is 0 Å². The predicted octanol–water partition coefficient (Wildman–Crippen LogP) is 4.40. The summed E-state index contributed by atoms with van der Waals surface area (Å²) in [5, 5.41) is 0. The molecule has 3 aliphatic rings. The summed E-state index contributed by atoms with van der Waals surface area (Å²) in [7, 11) is 0. The average Bonchev–Trinajstić information content (AvgIpc) is 2.86. The molecule has 8 heteroatoms. The van der Waals surface area contributed by atoms with Crippen molar-refractivity contribution in [2.75, 3.05) is 37.6 Å². The van der Waals surface area contributed by atoms with E-state index < -0.39 is 5.60 Å². The lowest BCUT2D eigenvalue weighted by atomic mass is 9.73. The van der Waals surface area contributed by atoms with Crippen LogP contribution in [0.4, 0.5) is 10.6 Å². The highest BCUT2D eigenvalue weighted by atomic mass is 16.6. The molecule has 2 aromatic carbocycles. The molecule has 2 saturated heterocycles. The van der Waals surface area contributed by atoms with Crippen molar-refractivity contribution in [3.05, 3.63) is 77.7 Å². The van der Waals surface area contributed by atoms with Crippen molar-refractivity contribution in [2.45, 2.75) is 39.3 Å². The largest absolute Gasteiger partial charge is 0.444 e. The zero-order chi connectivity index (χ0) is 26.5. The van der Waals surface area contributed by atoms with Gasteiger partial charge in [0.05, 0.1) is 12.2 Å². The average molecular weight is 512 g/mol. The van der Waals surface area contributed by atoms with Crippen LogP contribution in [-0.4, -0.2) is 70.1 Å². The molecule has 2 amide bonds. The maximum atomic E-state index is 13.4. The first kappa shape index (κ1) is 24.4. The van der Waals surface area contributed by atoms with Crippen molar-refractivity contribution < 1.29 is 14.3 Å². The third-order valence-electron chi connectivity index (χ3n) is 7.56. The number of ether oxygens (including phenoxy) is 1. The van der Waals surface area contributed by atoms with Crippen LogP contribution in [0.3, 0.4) is 0 Å². The number of anilines is 1. The van der Waals surface area contributed by atoms with E-state index in [-0.39, 0.29) is 17.4 Å². The van der Waals surface area contributed by atoms with Gasteiger partial charge in [-0.05, 0) is 44.0 Å². The molecular weight excluding hydrogens is 478 g/mol. The summed E-state index contributed by atoms with van der Waals surface area (Å²) in [4.78, 5) is 40.8. The van der Waals surface area contributed by atoms with E-state index >= 15 is 0 Å². The first-order valence-corrected chi connectivity index (χ1v) is 13.2. The van der Waals surface area contributed by atoms with Crippen molar-refractivity contribution in [3.63, 3.8) is 0 Å². The van der Waals surface area contributed by atoms with Crippen LogP contribution < -0.4 is 4.90 Å². The zero-order valence-electron chi connectivity index (χ0n) is 22.2. The lowest BCUT2D eigenvalue weighted by Crippen LogP contribution is -2.73. The third-order valence-corrected chi connectivity index (χ3v) is 7.56. The number of carbonyl (C=O) groups is 2. The lowest BCUT2D eigenvalue weighted by molar-refractivity contribution is -0.0455. The SMILES string of the molecule is CC(C)(C)OC(=O)N1CC2(C1)CN(c1ncnc3c1CN(C(=O)c1ccc(-c4ccccc4)cc1)CC3)C2. The predicted molar refractivity (Wildman–Crippen MR) is 145 cm³/mol. The summed E-state index contributed by atoms with van der Waals surface area (Å²) in [5.74, 6) is 0.936. The maximum Gasteiger partial charge on any atom is 0.410 e. The van der Waals surface area contributed by atoms with Gasteiger partial charge in [-0.15, -0.1) is 0 Å². The Labute approximate surface area is 223 Å². The highest BCUT2D eigenvalue weighted by molar-refractivity contribution is 5.95. The van der Waals surface area contributed by atoms with Gasteiger partial charge in [0.2, 0.25) is 0 Å². The number of fused-ring (bicyclic) bond motifs is 1. The summed E-state index contributed by atoms with van der Waals surface area (Å²) in [6.07, 6.45) is 2.10. The standard InChI is InChI=1S/C30H33N5O3/c1-29(2,3)38-28(37)35-18-30(19-35)16-34(17-30)26-24-15-33(14-13-25(24)31-20-32-26)27(36)23-11-9-22(10-12-23)21-7-5-4-6-8-21/h4-12,20H,13-19H2,1-3H3. The summed E-state index contributed by atoms with van der Waals surface area (Å²) >= 11 is 0. The first-order valence-electron chi connectivity index (χ1n) is 13.2. The summed E-state index contributed by atoms with van der Waals surface area (Å²) < 4.78 is 5.50. The molecule has 3 aliphatic heterocycles. The second-order valence-electron chi connectivity index (χ2n) is 11.7. The van der Waals surface area contributed by atoms with Crippen LogP contribution in [0.15, 0.2) is 60.9 Å². The molecule has 1 aromatic heterocycles. The summed E-state index contributed by atoms with van der Waals surface area (Å²) in [5.41, 5.74) is 4.57. The monoisotopic (exact) mass is 511 g/mol. The smallest absolute Gasteiger partial charge is 0.410 e. The second kappa shape index (κ2) is 9.11. The minimum Gasteiger partial charge on any atom is -0.444 e. The van der Waals surface area contributed by atoms with Crippen molar-refractivity contribution in [2.24, 2.45) is 5.41 Å². The van der Waals surface area contributed by atoms with Gasteiger partial charge in [0.25, 0.3) is 5.91 Å². The van der Waals surface area contributed by atoms with Gasteiger partial charge in [-0.2, -0.15) is 0 Å². The number of nitrogens with zero attached hydrogens (tertiary/aromatic N) is 5. The number of likely N-dealkylation sites (tertiary alicyclic amines) is 1. The van der Waals surface area contributed by atoms with E-state index in [4.69, 9.17) is 4.74 Å². The highest BCUT2D eigenvalue weighted by Crippen LogP contribution is 2.43. The molecule has 6 rings (SSSR count). The van der Waals surface area contributed by atoms with Gasteiger partial charge in [0, 0.05) is 55.7 Å². The number of hydrogen-bond donors (Lipinski definition) is 0. The van der Waals surface area contributed by atoms with Crippen LogP contribution in [0.1, 0.15) is 42.4 Å². The van der Waals surface area contributed by atoms with Crippen molar-refractivity contribution in [1.29, 1.82) is 0 Å². The molecule has 0 aliphatic carbocycles. The van der Waals surface area contributed by atoms with Crippen LogP contribution in [0, 0.1) is 5.41 Å². The van der Waals surface area contributed by atoms with Crippen LogP contribution >= 0.6 is 0 Å². The molecule has 196 valence electrons. The molecular formula is C30H33N5O3. The van der Waals surface area contributed by atoms with E-state index in [1.54, 1.807) is 11.2 Å². The number of rotatable bonds is 3. The van der Waals surface area contributed by atoms with Gasteiger partial charge in [0.15, 0.2) is 0 Å². The Hall–Kier alpha value is -3.94. The molecule has 2 fully saturated rings. The molecule has 0 atom stereocenters. The van der Waals surface area contributed by atoms with Crippen LogP contribution in [0.5, 0.6) is 0 Å². The second-order valence-corrected chi connectivity index (χ2v) is 11.7. The van der Waals surface area contributed by atoms with Gasteiger partial charge in [0.1, 0.15) is 17.7 Å². The van der Waals surface area contributed by atoms with Crippen molar-refractivity contribution in [1.82, 2.24) is 19.8 Å². The first-order chi connectivity index (χ1) is 18.2. The van der Waals surface area contributed by atoms with Crippen LogP contribution in [-0.2, 0) is 17.7 Å². The zero-order valence-corrected chi connectivity index (χ0v) is 22.2. The molecule has 0 unspecified atom stereocenters. The third kappa shape index (κ3) is 4.59. The summed E-state index contributed by atoms with van der Waals surface area (Å²) in [6.45, 7) is 9.88. The van der Waals surface area contributed by atoms with E-state index in [0.29, 0.717) is 38.2 Å². The van der Waals surface area contributed by atoms with Crippen LogP contribution in [0.25, 0.3) is 11.1 Å². The quantitative estimate of drug-likeness (QED) is 0.519. The molecule has 0 bridgehead atoms.